The molecule has 0 saturated heterocycles. The average molecular weight is 253 g/mol. The Morgan fingerprint density at radius 2 is 1.89 bits per heavy atom. The largest absolute Gasteiger partial charge is 0.497 e. The minimum atomic E-state index is 0.940. The number of rotatable bonds is 3. The van der Waals surface area contributed by atoms with Gasteiger partial charge in [0.2, 0.25) is 0 Å². The third-order valence-electron chi connectivity index (χ3n) is 3.75. The van der Waals surface area contributed by atoms with E-state index < -0.39 is 0 Å². The fraction of sp³-hybridized carbons (Fsp3) is 0.294. The Morgan fingerprint density at radius 1 is 1.05 bits per heavy atom. The van der Waals surface area contributed by atoms with E-state index >= 15 is 0 Å². The van der Waals surface area contributed by atoms with Crippen LogP contribution in [0.4, 0.5) is 0 Å². The van der Waals surface area contributed by atoms with Gasteiger partial charge in [-0.3, -0.25) is 4.90 Å². The average Bonchev–Trinajstić information content (AvgIpc) is 2.47. The van der Waals surface area contributed by atoms with E-state index in [1.165, 1.54) is 16.7 Å². The molecule has 2 heteroatoms. The molecule has 0 spiro atoms. The zero-order valence-corrected chi connectivity index (χ0v) is 11.3. The summed E-state index contributed by atoms with van der Waals surface area (Å²) in [5.74, 6) is 0.940. The summed E-state index contributed by atoms with van der Waals surface area (Å²) < 4.78 is 5.28. The van der Waals surface area contributed by atoms with Gasteiger partial charge in [-0.1, -0.05) is 36.4 Å². The van der Waals surface area contributed by atoms with Crippen LogP contribution in [-0.2, 0) is 19.5 Å². The maximum absolute atomic E-state index is 5.28. The highest BCUT2D eigenvalue weighted by molar-refractivity contribution is 5.31. The minimum Gasteiger partial charge on any atom is -0.497 e. The molecule has 0 bridgehead atoms. The van der Waals surface area contributed by atoms with Gasteiger partial charge in [0.15, 0.2) is 0 Å². The molecule has 0 fully saturated rings. The smallest absolute Gasteiger partial charge is 0.119 e. The highest BCUT2D eigenvalue weighted by Crippen LogP contribution is 2.21. The van der Waals surface area contributed by atoms with Crippen LogP contribution in [0.3, 0.4) is 0 Å². The molecule has 0 saturated carbocycles. The second-order valence-electron chi connectivity index (χ2n) is 5.08. The van der Waals surface area contributed by atoms with Crippen molar-refractivity contribution >= 4 is 0 Å². The van der Waals surface area contributed by atoms with Crippen molar-refractivity contribution in [1.82, 2.24) is 4.90 Å². The van der Waals surface area contributed by atoms with Crippen molar-refractivity contribution in [3.8, 4) is 5.75 Å². The molecule has 1 aliphatic heterocycles. The van der Waals surface area contributed by atoms with Gasteiger partial charge in [0.05, 0.1) is 7.11 Å². The first-order valence-electron chi connectivity index (χ1n) is 6.77. The predicted molar refractivity (Wildman–Crippen MR) is 77.3 cm³/mol. The molecule has 0 amide bonds. The van der Waals surface area contributed by atoms with E-state index in [0.717, 1.165) is 31.8 Å². The highest BCUT2D eigenvalue weighted by atomic mass is 16.5. The van der Waals surface area contributed by atoms with Crippen LogP contribution < -0.4 is 4.74 Å². The Labute approximate surface area is 114 Å². The van der Waals surface area contributed by atoms with Gasteiger partial charge in [-0.25, -0.2) is 0 Å². The number of methoxy groups -OCH3 is 1. The molecule has 2 aromatic carbocycles. The Kier molecular flexibility index (Phi) is 3.51. The van der Waals surface area contributed by atoms with Crippen LogP contribution in [0.1, 0.15) is 16.7 Å². The van der Waals surface area contributed by atoms with Crippen molar-refractivity contribution < 1.29 is 4.74 Å². The first-order chi connectivity index (χ1) is 9.35. The third kappa shape index (κ3) is 2.79. The second kappa shape index (κ2) is 5.45. The van der Waals surface area contributed by atoms with Crippen LogP contribution in [-0.4, -0.2) is 18.6 Å². The molecule has 2 nitrogen and oxygen atoms in total. The lowest BCUT2D eigenvalue weighted by atomic mass is 9.99. The summed E-state index contributed by atoms with van der Waals surface area (Å²) in [5, 5.41) is 0. The van der Waals surface area contributed by atoms with Gasteiger partial charge >= 0.3 is 0 Å². The van der Waals surface area contributed by atoms with Crippen LogP contribution in [0, 0.1) is 0 Å². The summed E-state index contributed by atoms with van der Waals surface area (Å²) >= 11 is 0. The van der Waals surface area contributed by atoms with E-state index in [4.69, 9.17) is 4.74 Å². The first kappa shape index (κ1) is 12.2. The zero-order valence-electron chi connectivity index (χ0n) is 11.3. The molecular weight excluding hydrogens is 234 g/mol. The van der Waals surface area contributed by atoms with Crippen LogP contribution >= 0.6 is 0 Å². The predicted octanol–water partition coefficient (Wildman–Crippen LogP) is 3.25. The van der Waals surface area contributed by atoms with Crippen molar-refractivity contribution in [2.75, 3.05) is 13.7 Å². The molecule has 2 aromatic rings. The monoisotopic (exact) mass is 253 g/mol. The number of ether oxygens (including phenoxy) is 1. The van der Waals surface area contributed by atoms with Crippen LogP contribution in [0.5, 0.6) is 5.75 Å². The van der Waals surface area contributed by atoms with E-state index in [0.29, 0.717) is 0 Å². The SMILES string of the molecule is COc1cccc(CN2CCc3ccccc3C2)c1. The Bertz CT molecular complexity index is 565. The summed E-state index contributed by atoms with van der Waals surface area (Å²) in [7, 11) is 1.72. The quantitative estimate of drug-likeness (QED) is 0.832. The maximum atomic E-state index is 5.28. The Morgan fingerprint density at radius 3 is 2.74 bits per heavy atom. The van der Waals surface area contributed by atoms with Crippen molar-refractivity contribution in [1.29, 1.82) is 0 Å². The highest BCUT2D eigenvalue weighted by Gasteiger charge is 2.15. The van der Waals surface area contributed by atoms with E-state index in [2.05, 4.69) is 47.4 Å². The molecule has 98 valence electrons. The minimum absolute atomic E-state index is 0.940. The summed E-state index contributed by atoms with van der Waals surface area (Å²) in [6.45, 7) is 3.17. The normalized spacial score (nSPS) is 15.0. The summed E-state index contributed by atoms with van der Waals surface area (Å²) in [6, 6.07) is 17.1. The van der Waals surface area contributed by atoms with Gasteiger partial charge in [0.25, 0.3) is 0 Å². The molecule has 1 heterocycles. The van der Waals surface area contributed by atoms with E-state index in [9.17, 15) is 0 Å². The van der Waals surface area contributed by atoms with Crippen molar-refractivity contribution in [3.05, 3.63) is 65.2 Å². The number of hydrogen-bond acceptors (Lipinski definition) is 2. The van der Waals surface area contributed by atoms with Crippen LogP contribution in [0.25, 0.3) is 0 Å². The number of hydrogen-bond donors (Lipinski definition) is 0. The summed E-state index contributed by atoms with van der Waals surface area (Å²) in [4.78, 5) is 2.50. The molecule has 0 aliphatic carbocycles. The van der Waals surface area contributed by atoms with Gasteiger partial charge in [-0.05, 0) is 35.2 Å². The molecule has 3 rings (SSSR count). The lowest BCUT2D eigenvalue weighted by Crippen LogP contribution is -2.29. The van der Waals surface area contributed by atoms with Crippen LogP contribution in [0.2, 0.25) is 0 Å². The molecule has 0 radical (unpaired) electrons. The first-order valence-corrected chi connectivity index (χ1v) is 6.77. The van der Waals surface area contributed by atoms with Crippen molar-refractivity contribution in [2.24, 2.45) is 0 Å². The molecule has 0 N–H and O–H groups in total. The van der Waals surface area contributed by atoms with Gasteiger partial charge in [-0.15, -0.1) is 0 Å². The molecule has 19 heavy (non-hydrogen) atoms. The third-order valence-corrected chi connectivity index (χ3v) is 3.75. The Hall–Kier alpha value is -1.80. The van der Waals surface area contributed by atoms with E-state index in [-0.39, 0.29) is 0 Å². The van der Waals surface area contributed by atoms with Crippen molar-refractivity contribution in [3.63, 3.8) is 0 Å². The fourth-order valence-corrected chi connectivity index (χ4v) is 2.72. The van der Waals surface area contributed by atoms with Gasteiger partial charge in [0.1, 0.15) is 5.75 Å². The number of benzene rings is 2. The van der Waals surface area contributed by atoms with E-state index in [1.807, 2.05) is 6.07 Å². The molecule has 0 aromatic heterocycles. The fourth-order valence-electron chi connectivity index (χ4n) is 2.72. The topological polar surface area (TPSA) is 12.5 Å². The zero-order chi connectivity index (χ0) is 13.1. The summed E-state index contributed by atoms with van der Waals surface area (Å²) in [5.41, 5.74) is 4.29. The lowest BCUT2D eigenvalue weighted by Gasteiger charge is -2.28. The molecular formula is C17H19NO. The molecule has 0 atom stereocenters. The van der Waals surface area contributed by atoms with Crippen molar-refractivity contribution in [2.45, 2.75) is 19.5 Å². The lowest BCUT2D eigenvalue weighted by molar-refractivity contribution is 0.245. The van der Waals surface area contributed by atoms with Crippen LogP contribution in [0.15, 0.2) is 48.5 Å². The standard InChI is InChI=1S/C17H19NO/c1-19-17-8-4-5-14(11-17)12-18-10-9-15-6-2-3-7-16(15)13-18/h2-8,11H,9-10,12-13H2,1H3. The number of fused-ring (bicyclic) bond motifs is 1. The molecule has 1 aliphatic rings. The van der Waals surface area contributed by atoms with Gasteiger partial charge in [0, 0.05) is 19.6 Å². The van der Waals surface area contributed by atoms with Gasteiger partial charge in [-0.2, -0.15) is 0 Å². The maximum Gasteiger partial charge on any atom is 0.119 e. The van der Waals surface area contributed by atoms with Gasteiger partial charge < -0.3 is 4.74 Å². The van der Waals surface area contributed by atoms with E-state index in [1.54, 1.807) is 7.11 Å². The number of nitrogens with zero attached hydrogens (tertiary/aromatic N) is 1. The summed E-state index contributed by atoms with van der Waals surface area (Å²) in [6.07, 6.45) is 1.15. The molecule has 0 unspecified atom stereocenters. The Balaban J connectivity index is 1.71. The second-order valence-corrected chi connectivity index (χ2v) is 5.08.